The first-order valence-corrected chi connectivity index (χ1v) is 8.11. The molecule has 0 aromatic heterocycles. The maximum absolute atomic E-state index is 13.0. The van der Waals surface area contributed by atoms with E-state index in [1.807, 2.05) is 4.90 Å². The first-order chi connectivity index (χ1) is 11.0. The van der Waals surface area contributed by atoms with Gasteiger partial charge in [-0.1, -0.05) is 12.1 Å². The van der Waals surface area contributed by atoms with Crippen LogP contribution >= 0.6 is 0 Å². The summed E-state index contributed by atoms with van der Waals surface area (Å²) < 4.78 is 13.0. The van der Waals surface area contributed by atoms with Gasteiger partial charge in [-0.25, -0.2) is 4.39 Å². The number of hydrogen-bond donors (Lipinski definition) is 1. The van der Waals surface area contributed by atoms with Gasteiger partial charge in [-0.05, 0) is 50.0 Å². The Balaban J connectivity index is 1.53. The highest BCUT2D eigenvalue weighted by atomic mass is 19.1. The van der Waals surface area contributed by atoms with Crippen molar-refractivity contribution in [2.24, 2.45) is 11.7 Å². The smallest absolute Gasteiger partial charge is 0.237 e. The molecule has 1 atom stereocenters. The fraction of sp³-hybridized carbons (Fsp3) is 0.529. The first kappa shape index (κ1) is 15.9. The van der Waals surface area contributed by atoms with Gasteiger partial charge in [0, 0.05) is 12.5 Å². The Kier molecular flexibility index (Phi) is 4.61. The van der Waals surface area contributed by atoms with Crippen LogP contribution in [0.4, 0.5) is 4.39 Å². The lowest BCUT2D eigenvalue weighted by Crippen LogP contribution is -2.50. The van der Waals surface area contributed by atoms with E-state index in [1.165, 1.54) is 12.1 Å². The Bertz CT molecular complexity index is 582. The Hall–Kier alpha value is -1.95. The number of primary amides is 1. The number of carbonyl (C=O) groups is 2. The summed E-state index contributed by atoms with van der Waals surface area (Å²) in [6.45, 7) is 2.59. The molecule has 0 bridgehead atoms. The Morgan fingerprint density at radius 2 is 1.74 bits per heavy atom. The van der Waals surface area contributed by atoms with Crippen molar-refractivity contribution in [1.82, 2.24) is 9.80 Å². The van der Waals surface area contributed by atoms with Gasteiger partial charge in [-0.2, -0.15) is 0 Å². The molecule has 0 radical (unpaired) electrons. The van der Waals surface area contributed by atoms with Gasteiger partial charge in [-0.15, -0.1) is 0 Å². The third-order valence-electron chi connectivity index (χ3n) is 4.94. The van der Waals surface area contributed by atoms with Gasteiger partial charge < -0.3 is 10.6 Å². The summed E-state index contributed by atoms with van der Waals surface area (Å²) in [4.78, 5) is 27.6. The minimum Gasteiger partial charge on any atom is -0.369 e. The highest BCUT2D eigenvalue weighted by molar-refractivity contribution is 5.80. The molecule has 0 aliphatic carbocycles. The van der Waals surface area contributed by atoms with Gasteiger partial charge >= 0.3 is 0 Å². The van der Waals surface area contributed by atoms with Gasteiger partial charge in [0.1, 0.15) is 5.82 Å². The quantitative estimate of drug-likeness (QED) is 0.909. The molecule has 1 aromatic rings. The Morgan fingerprint density at radius 3 is 2.26 bits per heavy atom. The second-order valence-corrected chi connectivity index (χ2v) is 6.40. The van der Waals surface area contributed by atoms with E-state index in [4.69, 9.17) is 5.73 Å². The topological polar surface area (TPSA) is 66.6 Å². The number of nitrogens with two attached hydrogens (primary N) is 1. The zero-order chi connectivity index (χ0) is 16.4. The fourth-order valence-electron chi connectivity index (χ4n) is 3.38. The van der Waals surface area contributed by atoms with E-state index in [9.17, 15) is 14.0 Å². The second-order valence-electron chi connectivity index (χ2n) is 6.40. The molecule has 2 fully saturated rings. The lowest BCUT2D eigenvalue weighted by Gasteiger charge is -2.42. The zero-order valence-corrected chi connectivity index (χ0v) is 13.1. The fourth-order valence-corrected chi connectivity index (χ4v) is 3.38. The van der Waals surface area contributed by atoms with Gasteiger partial charge in [0.25, 0.3) is 0 Å². The lowest BCUT2D eigenvalue weighted by molar-refractivity contribution is -0.140. The number of nitrogens with zero attached hydrogens (tertiary/aromatic N) is 2. The first-order valence-electron chi connectivity index (χ1n) is 8.11. The SMILES string of the molecule is NC(=O)C1CCN(CC(=O)N2CC[C@@H]2c2ccc(F)cc2)CC1. The van der Waals surface area contributed by atoms with Crippen LogP contribution in [-0.4, -0.2) is 47.8 Å². The summed E-state index contributed by atoms with van der Waals surface area (Å²) >= 11 is 0. The number of carbonyl (C=O) groups excluding carboxylic acids is 2. The number of piperidine rings is 1. The van der Waals surface area contributed by atoms with E-state index in [-0.39, 0.29) is 29.6 Å². The summed E-state index contributed by atoms with van der Waals surface area (Å²) in [6.07, 6.45) is 2.37. The average Bonchev–Trinajstić information content (AvgIpc) is 2.49. The standard InChI is InChI=1S/C17H22FN3O2/c18-14-3-1-12(2-4-14)15-7-10-21(15)16(22)11-20-8-5-13(6-9-20)17(19)23/h1-4,13,15H,5-11H2,(H2,19,23)/t15-/m1/s1. The molecule has 2 saturated heterocycles. The van der Waals surface area contributed by atoms with Crippen LogP contribution in [0.1, 0.15) is 30.9 Å². The van der Waals surface area contributed by atoms with Gasteiger partial charge in [0.05, 0.1) is 12.6 Å². The van der Waals surface area contributed by atoms with E-state index in [1.54, 1.807) is 12.1 Å². The van der Waals surface area contributed by atoms with Gasteiger partial charge in [0.2, 0.25) is 11.8 Å². The number of hydrogen-bond acceptors (Lipinski definition) is 3. The molecule has 2 amide bonds. The maximum atomic E-state index is 13.0. The number of amides is 2. The van der Waals surface area contributed by atoms with Crippen LogP contribution in [0, 0.1) is 11.7 Å². The Labute approximate surface area is 135 Å². The van der Waals surface area contributed by atoms with Crippen molar-refractivity contribution in [3.05, 3.63) is 35.6 Å². The molecular weight excluding hydrogens is 297 g/mol. The summed E-state index contributed by atoms with van der Waals surface area (Å²) in [6, 6.07) is 6.43. The molecule has 1 aromatic carbocycles. The van der Waals surface area contributed by atoms with E-state index in [2.05, 4.69) is 4.90 Å². The molecule has 6 heteroatoms. The van der Waals surface area contributed by atoms with Crippen LogP contribution < -0.4 is 5.73 Å². The molecule has 5 nitrogen and oxygen atoms in total. The van der Waals surface area contributed by atoms with Crippen LogP contribution in [0.2, 0.25) is 0 Å². The van der Waals surface area contributed by atoms with Crippen LogP contribution in [0.15, 0.2) is 24.3 Å². The molecule has 124 valence electrons. The zero-order valence-electron chi connectivity index (χ0n) is 13.1. The average molecular weight is 319 g/mol. The minimum atomic E-state index is -0.261. The van der Waals surface area contributed by atoms with Crippen molar-refractivity contribution in [3.8, 4) is 0 Å². The molecule has 0 spiro atoms. The van der Waals surface area contributed by atoms with Crippen molar-refractivity contribution >= 4 is 11.8 Å². The van der Waals surface area contributed by atoms with Gasteiger partial charge in [0.15, 0.2) is 0 Å². The van der Waals surface area contributed by atoms with E-state index < -0.39 is 0 Å². The molecule has 2 aliphatic heterocycles. The minimum absolute atomic E-state index is 0.0580. The molecule has 0 saturated carbocycles. The summed E-state index contributed by atoms with van der Waals surface area (Å²) in [5.74, 6) is -0.459. The molecule has 3 rings (SSSR count). The number of benzene rings is 1. The molecule has 2 aliphatic rings. The predicted molar refractivity (Wildman–Crippen MR) is 83.8 cm³/mol. The highest BCUT2D eigenvalue weighted by Gasteiger charge is 2.34. The van der Waals surface area contributed by atoms with E-state index in [0.717, 1.165) is 44.5 Å². The van der Waals surface area contributed by atoms with E-state index >= 15 is 0 Å². The lowest BCUT2D eigenvalue weighted by atomic mass is 9.94. The van der Waals surface area contributed by atoms with Crippen LogP contribution in [0.5, 0.6) is 0 Å². The number of halogens is 1. The van der Waals surface area contributed by atoms with Crippen molar-refractivity contribution in [3.63, 3.8) is 0 Å². The van der Waals surface area contributed by atoms with Crippen molar-refractivity contribution in [2.45, 2.75) is 25.3 Å². The third kappa shape index (κ3) is 3.52. The number of rotatable bonds is 4. The van der Waals surface area contributed by atoms with Crippen LogP contribution in [0.25, 0.3) is 0 Å². The van der Waals surface area contributed by atoms with Crippen molar-refractivity contribution in [1.29, 1.82) is 0 Å². The molecule has 2 N–H and O–H groups in total. The maximum Gasteiger partial charge on any atom is 0.237 e. The van der Waals surface area contributed by atoms with Crippen LogP contribution in [-0.2, 0) is 9.59 Å². The second kappa shape index (κ2) is 6.66. The predicted octanol–water partition coefficient (Wildman–Crippen LogP) is 1.30. The summed E-state index contributed by atoms with van der Waals surface area (Å²) in [7, 11) is 0. The largest absolute Gasteiger partial charge is 0.369 e. The summed E-state index contributed by atoms with van der Waals surface area (Å²) in [5.41, 5.74) is 6.31. The van der Waals surface area contributed by atoms with Crippen LogP contribution in [0.3, 0.4) is 0 Å². The highest BCUT2D eigenvalue weighted by Crippen LogP contribution is 2.33. The van der Waals surface area contributed by atoms with Gasteiger partial charge in [-0.3, -0.25) is 14.5 Å². The third-order valence-corrected chi connectivity index (χ3v) is 4.94. The Morgan fingerprint density at radius 1 is 1.09 bits per heavy atom. The molecule has 0 unspecified atom stereocenters. The molecule has 2 heterocycles. The molecular formula is C17H22FN3O2. The molecule has 23 heavy (non-hydrogen) atoms. The summed E-state index contributed by atoms with van der Waals surface area (Å²) in [5, 5.41) is 0. The number of likely N-dealkylation sites (tertiary alicyclic amines) is 2. The monoisotopic (exact) mass is 319 g/mol. The van der Waals surface area contributed by atoms with Crippen molar-refractivity contribution in [2.75, 3.05) is 26.2 Å². The van der Waals surface area contributed by atoms with E-state index in [0.29, 0.717) is 6.54 Å². The normalized spacial score (nSPS) is 22.7. The van der Waals surface area contributed by atoms with Crippen molar-refractivity contribution < 1.29 is 14.0 Å².